The summed E-state index contributed by atoms with van der Waals surface area (Å²) in [5.74, 6) is -3.20. The molecule has 15 nitrogen and oxygen atoms in total. The highest BCUT2D eigenvalue weighted by Crippen LogP contribution is 2.40. The predicted molar refractivity (Wildman–Crippen MR) is 204 cm³/mol. The van der Waals surface area contributed by atoms with Gasteiger partial charge in [0.15, 0.2) is 18.7 Å². The van der Waals surface area contributed by atoms with Crippen LogP contribution in [0.15, 0.2) is 0 Å². The Hall–Kier alpha value is -1.50. The van der Waals surface area contributed by atoms with Crippen LogP contribution in [0.5, 0.6) is 0 Å². The standard InChI is InChI=1S/C40H74N2O13/c1-16-29-40(11,48)33(44)25(6)42(14)20-21(2)18-38(9,47)35(55-37-32(52-27(8)43)28(41(12)13)17-22(3)50-37)23(4)31(24(5)36(46)53-29)54-30-19-39(10,49-15)34(45)26(7)51-30/h21-26,28-35,37,44-45,47-48H,16-20H2,1-15H3/t21-,22-,23+,24-,25-,26+,28+,29-,30?,31+,32-,33-,34+,35-,37?,38-,39-,40-/m1/s1. The lowest BCUT2D eigenvalue weighted by atomic mass is 9.77. The van der Waals surface area contributed by atoms with Crippen molar-refractivity contribution in [3.05, 3.63) is 0 Å². The first-order valence-corrected chi connectivity index (χ1v) is 20.0. The van der Waals surface area contributed by atoms with E-state index in [0.29, 0.717) is 13.0 Å². The van der Waals surface area contributed by atoms with Crippen LogP contribution in [0.4, 0.5) is 0 Å². The topological polar surface area (TPSA) is 186 Å². The van der Waals surface area contributed by atoms with Crippen molar-refractivity contribution in [3.63, 3.8) is 0 Å². The third-order valence-electron chi connectivity index (χ3n) is 12.5. The number of methoxy groups -OCH3 is 1. The first kappa shape index (κ1) is 47.9. The summed E-state index contributed by atoms with van der Waals surface area (Å²) in [6.07, 6.45) is -8.28. The van der Waals surface area contributed by atoms with Crippen LogP contribution in [0, 0.1) is 17.8 Å². The van der Waals surface area contributed by atoms with Gasteiger partial charge in [0.05, 0.1) is 47.6 Å². The molecule has 0 saturated carbocycles. The van der Waals surface area contributed by atoms with Crippen LogP contribution in [-0.4, -0.2) is 167 Å². The molecule has 3 fully saturated rings. The molecule has 3 aliphatic heterocycles. The van der Waals surface area contributed by atoms with Crippen molar-refractivity contribution in [3.8, 4) is 0 Å². The summed E-state index contributed by atoms with van der Waals surface area (Å²) in [5.41, 5.74) is -4.45. The van der Waals surface area contributed by atoms with E-state index in [0.717, 1.165) is 0 Å². The number of cyclic esters (lactones) is 1. The molecule has 0 bridgehead atoms. The Morgan fingerprint density at radius 3 is 2.13 bits per heavy atom. The van der Waals surface area contributed by atoms with Crippen LogP contribution in [-0.2, 0) is 42.7 Å². The summed E-state index contributed by atoms with van der Waals surface area (Å²) in [6.45, 7) is 19.3. The molecule has 322 valence electrons. The Morgan fingerprint density at radius 2 is 1.58 bits per heavy atom. The lowest BCUT2D eigenvalue weighted by Crippen LogP contribution is -2.61. The summed E-state index contributed by atoms with van der Waals surface area (Å²) in [5, 5.41) is 46.9. The molecule has 18 atom stereocenters. The van der Waals surface area contributed by atoms with Crippen LogP contribution in [0.2, 0.25) is 0 Å². The number of carbonyl (C=O) groups is 2. The Labute approximate surface area is 329 Å². The fourth-order valence-corrected chi connectivity index (χ4v) is 9.04. The van der Waals surface area contributed by atoms with Gasteiger partial charge in [-0.1, -0.05) is 20.8 Å². The number of esters is 2. The van der Waals surface area contributed by atoms with Gasteiger partial charge in [-0.05, 0) is 94.8 Å². The van der Waals surface area contributed by atoms with E-state index in [9.17, 15) is 30.0 Å². The van der Waals surface area contributed by atoms with Gasteiger partial charge in [0.2, 0.25) is 0 Å². The third-order valence-corrected chi connectivity index (χ3v) is 12.5. The summed E-state index contributed by atoms with van der Waals surface area (Å²) >= 11 is 0. The first-order valence-electron chi connectivity index (χ1n) is 20.0. The Balaban J connectivity index is 2.23. The van der Waals surface area contributed by atoms with E-state index in [4.69, 9.17) is 33.2 Å². The summed E-state index contributed by atoms with van der Waals surface area (Å²) < 4.78 is 43.9. The molecular formula is C40H74N2O13. The highest BCUT2D eigenvalue weighted by molar-refractivity contribution is 5.73. The van der Waals surface area contributed by atoms with Gasteiger partial charge in [0.1, 0.15) is 23.9 Å². The van der Waals surface area contributed by atoms with Crippen LogP contribution in [0.3, 0.4) is 0 Å². The molecule has 0 aromatic rings. The maximum Gasteiger partial charge on any atom is 0.311 e. The molecule has 15 heteroatoms. The molecule has 2 unspecified atom stereocenters. The fourth-order valence-electron chi connectivity index (χ4n) is 9.04. The number of hydrogen-bond donors (Lipinski definition) is 4. The smallest absolute Gasteiger partial charge is 0.311 e. The number of aliphatic hydroxyl groups is 4. The quantitative estimate of drug-likeness (QED) is 0.263. The molecule has 0 aliphatic carbocycles. The molecule has 0 amide bonds. The molecule has 3 aliphatic rings. The third kappa shape index (κ3) is 11.2. The second-order valence-electron chi connectivity index (χ2n) is 17.7. The number of likely N-dealkylation sites (N-methyl/N-ethyl adjacent to an activating group) is 2. The van der Waals surface area contributed by atoms with E-state index >= 15 is 0 Å². The predicted octanol–water partition coefficient (Wildman–Crippen LogP) is 2.47. The average Bonchev–Trinajstić information content (AvgIpc) is 3.08. The molecule has 0 radical (unpaired) electrons. The Bertz CT molecular complexity index is 1250. The van der Waals surface area contributed by atoms with Crippen molar-refractivity contribution < 1.29 is 63.2 Å². The minimum atomic E-state index is -1.82. The Kier molecular flexibility index (Phi) is 16.6. The van der Waals surface area contributed by atoms with Gasteiger partial charge in [0.25, 0.3) is 0 Å². The minimum absolute atomic E-state index is 0.115. The van der Waals surface area contributed by atoms with Crippen molar-refractivity contribution in [2.75, 3.05) is 34.8 Å². The molecule has 4 N–H and O–H groups in total. The summed E-state index contributed by atoms with van der Waals surface area (Å²) in [6, 6.07) is -0.823. The van der Waals surface area contributed by atoms with E-state index in [2.05, 4.69) is 0 Å². The van der Waals surface area contributed by atoms with E-state index < -0.39 is 102 Å². The average molecular weight is 791 g/mol. The van der Waals surface area contributed by atoms with Gasteiger partial charge in [-0.3, -0.25) is 9.59 Å². The van der Waals surface area contributed by atoms with E-state index in [1.165, 1.54) is 21.0 Å². The van der Waals surface area contributed by atoms with Gasteiger partial charge in [-0.15, -0.1) is 0 Å². The van der Waals surface area contributed by atoms with Gasteiger partial charge in [-0.25, -0.2) is 0 Å². The van der Waals surface area contributed by atoms with Gasteiger partial charge in [0, 0.05) is 39.0 Å². The highest BCUT2D eigenvalue weighted by Gasteiger charge is 2.53. The zero-order valence-corrected chi connectivity index (χ0v) is 36.1. The first-order chi connectivity index (χ1) is 25.3. The van der Waals surface area contributed by atoms with E-state index in [1.807, 2.05) is 51.7 Å². The number of aliphatic hydroxyl groups excluding tert-OH is 2. The maximum absolute atomic E-state index is 14.3. The van der Waals surface area contributed by atoms with Crippen molar-refractivity contribution in [2.45, 2.75) is 192 Å². The van der Waals surface area contributed by atoms with Crippen molar-refractivity contribution in [1.82, 2.24) is 9.80 Å². The Morgan fingerprint density at radius 1 is 0.964 bits per heavy atom. The second kappa shape index (κ2) is 19.0. The largest absolute Gasteiger partial charge is 0.459 e. The molecule has 55 heavy (non-hydrogen) atoms. The number of rotatable bonds is 8. The monoisotopic (exact) mass is 791 g/mol. The summed E-state index contributed by atoms with van der Waals surface area (Å²) in [4.78, 5) is 30.7. The molecular weight excluding hydrogens is 716 g/mol. The van der Waals surface area contributed by atoms with Gasteiger partial charge < -0.3 is 63.4 Å². The molecule has 3 saturated heterocycles. The van der Waals surface area contributed by atoms with Gasteiger partial charge >= 0.3 is 11.9 Å². The normalized spacial score (nSPS) is 47.4. The zero-order chi connectivity index (χ0) is 42.0. The molecule has 0 spiro atoms. The van der Waals surface area contributed by atoms with Crippen LogP contribution < -0.4 is 0 Å². The number of ether oxygens (including phenoxy) is 7. The summed E-state index contributed by atoms with van der Waals surface area (Å²) in [7, 11) is 7.12. The van der Waals surface area contributed by atoms with E-state index in [-0.39, 0.29) is 37.3 Å². The second-order valence-corrected chi connectivity index (χ2v) is 17.7. The van der Waals surface area contributed by atoms with Crippen LogP contribution in [0.1, 0.15) is 102 Å². The number of hydrogen-bond acceptors (Lipinski definition) is 15. The highest BCUT2D eigenvalue weighted by atomic mass is 16.7. The minimum Gasteiger partial charge on any atom is -0.459 e. The van der Waals surface area contributed by atoms with Crippen molar-refractivity contribution in [2.24, 2.45) is 17.8 Å². The SMILES string of the molecule is CC[C@H]1OC(=O)[C@H](C)[C@@H](OC2C[C@@](C)(OC)[C@@H](O)[C@H](C)O2)[C@H](C)[C@@H](OC2O[C@H](C)C[C@H](N(C)C)[C@H]2OC(C)=O)[C@](C)(O)C[C@@H](C)CN(C)[C@H](C)[C@@H](O)[C@]1(C)O. The lowest BCUT2D eigenvalue weighted by molar-refractivity contribution is -0.318. The lowest BCUT2D eigenvalue weighted by Gasteiger charge is -2.49. The zero-order valence-electron chi connectivity index (χ0n) is 36.1. The fraction of sp³-hybridized carbons (Fsp3) is 0.950. The van der Waals surface area contributed by atoms with E-state index in [1.54, 1.807) is 41.5 Å². The molecule has 0 aromatic carbocycles. The molecule has 3 rings (SSSR count). The van der Waals surface area contributed by atoms with Crippen LogP contribution >= 0.6 is 0 Å². The van der Waals surface area contributed by atoms with Crippen molar-refractivity contribution >= 4 is 11.9 Å². The van der Waals surface area contributed by atoms with Crippen LogP contribution in [0.25, 0.3) is 0 Å². The van der Waals surface area contributed by atoms with Gasteiger partial charge in [-0.2, -0.15) is 0 Å². The number of nitrogens with zero attached hydrogens (tertiary/aromatic N) is 2. The molecule has 0 aromatic heterocycles. The van der Waals surface area contributed by atoms with Crippen molar-refractivity contribution in [1.29, 1.82) is 0 Å². The number of carbonyl (C=O) groups excluding carboxylic acids is 2. The molecule has 3 heterocycles. The maximum atomic E-state index is 14.3.